The van der Waals surface area contributed by atoms with Gasteiger partial charge in [-0.25, -0.2) is 24.2 Å². The topological polar surface area (TPSA) is 110 Å². The van der Waals surface area contributed by atoms with Gasteiger partial charge >= 0.3 is 0 Å². The molecule has 1 atom stereocenters. The van der Waals surface area contributed by atoms with Gasteiger partial charge in [0.05, 0.1) is 18.6 Å². The van der Waals surface area contributed by atoms with Crippen molar-refractivity contribution in [2.24, 2.45) is 5.84 Å². The van der Waals surface area contributed by atoms with E-state index in [1.165, 1.54) is 13.4 Å². The van der Waals surface area contributed by atoms with Crippen molar-refractivity contribution >= 4 is 21.5 Å². The van der Waals surface area contributed by atoms with Gasteiger partial charge in [-0.1, -0.05) is 0 Å². The van der Waals surface area contributed by atoms with Crippen LogP contribution in [0.4, 0.5) is 11.6 Å². The highest BCUT2D eigenvalue weighted by Gasteiger charge is 2.32. The van der Waals surface area contributed by atoms with Crippen LogP contribution in [0.1, 0.15) is 6.42 Å². The van der Waals surface area contributed by atoms with Gasteiger partial charge in [0.2, 0.25) is 5.75 Å². The summed E-state index contributed by atoms with van der Waals surface area (Å²) in [5.41, 5.74) is 2.43. The van der Waals surface area contributed by atoms with E-state index in [0.717, 1.165) is 0 Å². The number of hydrazine groups is 1. The van der Waals surface area contributed by atoms with Crippen LogP contribution in [0.2, 0.25) is 0 Å². The lowest BCUT2D eigenvalue weighted by Gasteiger charge is -2.26. The van der Waals surface area contributed by atoms with Crippen LogP contribution in [-0.2, 0) is 9.84 Å². The molecular weight excluding hydrogens is 270 g/mol. The van der Waals surface area contributed by atoms with E-state index in [0.29, 0.717) is 23.8 Å². The third-order valence-electron chi connectivity index (χ3n) is 3.22. The lowest BCUT2D eigenvalue weighted by molar-refractivity contribution is 0.411. The van der Waals surface area contributed by atoms with Crippen molar-refractivity contribution in [2.75, 3.05) is 36.0 Å². The second kappa shape index (κ2) is 5.17. The van der Waals surface area contributed by atoms with Gasteiger partial charge in [0.15, 0.2) is 21.5 Å². The number of ether oxygens (including phenoxy) is 1. The molecule has 0 radical (unpaired) electrons. The van der Waals surface area contributed by atoms with Gasteiger partial charge in [0.25, 0.3) is 0 Å². The predicted octanol–water partition coefficient (Wildman–Crippen LogP) is -0.606. The number of nitrogens with one attached hydrogen (secondary N) is 1. The summed E-state index contributed by atoms with van der Waals surface area (Å²) in [6, 6.07) is -0.112. The number of aromatic nitrogens is 2. The summed E-state index contributed by atoms with van der Waals surface area (Å²) in [7, 11) is 0.327. The fourth-order valence-corrected chi connectivity index (χ4v) is 3.93. The number of nitrogen functional groups attached to an aromatic ring is 1. The van der Waals surface area contributed by atoms with Crippen molar-refractivity contribution in [1.29, 1.82) is 0 Å². The molecule has 2 heterocycles. The molecule has 0 aliphatic carbocycles. The van der Waals surface area contributed by atoms with Crippen LogP contribution in [0.15, 0.2) is 6.33 Å². The average molecular weight is 287 g/mol. The highest BCUT2D eigenvalue weighted by Crippen LogP contribution is 2.33. The lowest BCUT2D eigenvalue weighted by Crippen LogP contribution is -2.33. The summed E-state index contributed by atoms with van der Waals surface area (Å²) in [6.07, 6.45) is 1.93. The molecule has 1 aliphatic heterocycles. The predicted molar refractivity (Wildman–Crippen MR) is 71.9 cm³/mol. The number of hydrogen-bond donors (Lipinski definition) is 2. The monoisotopic (exact) mass is 287 g/mol. The molecule has 1 unspecified atom stereocenters. The summed E-state index contributed by atoms with van der Waals surface area (Å²) in [4.78, 5) is 9.90. The minimum Gasteiger partial charge on any atom is -0.490 e. The van der Waals surface area contributed by atoms with Crippen LogP contribution in [-0.4, -0.2) is 50.1 Å². The maximum absolute atomic E-state index is 11.5. The Balaban J connectivity index is 2.31. The highest BCUT2D eigenvalue weighted by molar-refractivity contribution is 7.91. The van der Waals surface area contributed by atoms with E-state index in [9.17, 15) is 8.42 Å². The van der Waals surface area contributed by atoms with E-state index < -0.39 is 9.84 Å². The molecule has 1 aromatic heterocycles. The molecule has 3 N–H and O–H groups in total. The molecule has 0 bridgehead atoms. The number of sulfone groups is 1. The van der Waals surface area contributed by atoms with Gasteiger partial charge in [0, 0.05) is 13.1 Å². The van der Waals surface area contributed by atoms with E-state index in [4.69, 9.17) is 10.6 Å². The van der Waals surface area contributed by atoms with Gasteiger partial charge in [0.1, 0.15) is 6.33 Å². The van der Waals surface area contributed by atoms with Gasteiger partial charge < -0.3 is 15.1 Å². The van der Waals surface area contributed by atoms with Gasteiger partial charge in [-0.15, -0.1) is 0 Å². The van der Waals surface area contributed by atoms with Crippen LogP contribution >= 0.6 is 0 Å². The van der Waals surface area contributed by atoms with Gasteiger partial charge in [-0.3, -0.25) is 0 Å². The van der Waals surface area contributed by atoms with Crippen LogP contribution in [0.5, 0.6) is 5.75 Å². The standard InChI is InChI=1S/C10H17N5O3S/c1-15(7-3-4-19(16,17)5-7)10-8(18-2)9(14-11)12-6-13-10/h6-7H,3-5,11H2,1-2H3,(H,12,13,14). The van der Waals surface area contributed by atoms with Crippen molar-refractivity contribution in [2.45, 2.75) is 12.5 Å². The van der Waals surface area contributed by atoms with Gasteiger partial charge in [-0.05, 0) is 6.42 Å². The molecule has 0 saturated carbocycles. The maximum Gasteiger partial charge on any atom is 0.205 e. The third-order valence-corrected chi connectivity index (χ3v) is 4.97. The summed E-state index contributed by atoms with van der Waals surface area (Å²) in [5, 5.41) is 0. The van der Waals surface area contributed by atoms with Crippen LogP contribution in [0.25, 0.3) is 0 Å². The van der Waals surface area contributed by atoms with E-state index >= 15 is 0 Å². The van der Waals surface area contributed by atoms with E-state index in [-0.39, 0.29) is 17.5 Å². The first-order valence-corrected chi connectivity index (χ1v) is 7.59. The minimum absolute atomic E-state index is 0.112. The highest BCUT2D eigenvalue weighted by atomic mass is 32.2. The Morgan fingerprint density at radius 3 is 2.79 bits per heavy atom. The molecule has 1 fully saturated rings. The number of methoxy groups -OCH3 is 1. The number of rotatable bonds is 4. The Morgan fingerprint density at radius 2 is 2.26 bits per heavy atom. The van der Waals surface area contributed by atoms with Crippen LogP contribution in [0.3, 0.4) is 0 Å². The van der Waals surface area contributed by atoms with E-state index in [1.807, 2.05) is 0 Å². The molecule has 1 aliphatic rings. The Labute approximate surface area is 111 Å². The fourth-order valence-electron chi connectivity index (χ4n) is 2.16. The first-order chi connectivity index (χ1) is 8.98. The Bertz CT molecular complexity index is 562. The zero-order valence-electron chi connectivity index (χ0n) is 10.8. The zero-order valence-corrected chi connectivity index (χ0v) is 11.6. The number of hydrogen-bond acceptors (Lipinski definition) is 8. The van der Waals surface area contributed by atoms with E-state index in [1.54, 1.807) is 11.9 Å². The van der Waals surface area contributed by atoms with Crippen LogP contribution in [0, 0.1) is 0 Å². The first kappa shape index (κ1) is 13.8. The number of nitrogens with zero attached hydrogens (tertiary/aromatic N) is 3. The van der Waals surface area contributed by atoms with Crippen LogP contribution < -0.4 is 20.9 Å². The fraction of sp³-hybridized carbons (Fsp3) is 0.600. The SMILES string of the molecule is COc1c(NN)ncnc1N(C)C1CCS(=O)(=O)C1. The summed E-state index contributed by atoms with van der Waals surface area (Å²) < 4.78 is 28.3. The molecule has 0 amide bonds. The van der Waals surface area contributed by atoms with Crippen molar-refractivity contribution in [3.63, 3.8) is 0 Å². The quantitative estimate of drug-likeness (QED) is 0.557. The molecule has 0 aromatic carbocycles. The molecule has 9 heteroatoms. The molecule has 106 valence electrons. The lowest BCUT2D eigenvalue weighted by atomic mass is 10.2. The van der Waals surface area contributed by atoms with Gasteiger partial charge in [-0.2, -0.15) is 0 Å². The zero-order chi connectivity index (χ0) is 14.0. The Hall–Kier alpha value is -1.61. The molecular formula is C10H17N5O3S. The molecule has 19 heavy (non-hydrogen) atoms. The Kier molecular flexibility index (Phi) is 3.76. The largest absolute Gasteiger partial charge is 0.490 e. The van der Waals surface area contributed by atoms with Crippen molar-refractivity contribution in [1.82, 2.24) is 9.97 Å². The normalized spacial score (nSPS) is 21.1. The molecule has 0 spiro atoms. The number of anilines is 2. The first-order valence-electron chi connectivity index (χ1n) is 5.77. The Morgan fingerprint density at radius 1 is 1.53 bits per heavy atom. The van der Waals surface area contributed by atoms with Crippen molar-refractivity contribution in [3.8, 4) is 5.75 Å². The number of nitrogens with two attached hydrogens (primary N) is 1. The van der Waals surface area contributed by atoms with E-state index in [2.05, 4.69) is 15.4 Å². The average Bonchev–Trinajstić information content (AvgIpc) is 2.77. The molecule has 8 nitrogen and oxygen atoms in total. The molecule has 1 saturated heterocycles. The van der Waals surface area contributed by atoms with Crippen molar-refractivity contribution < 1.29 is 13.2 Å². The summed E-state index contributed by atoms with van der Waals surface area (Å²) in [5.74, 6) is 6.97. The second-order valence-corrected chi connectivity index (χ2v) is 6.62. The van der Waals surface area contributed by atoms with Crippen molar-refractivity contribution in [3.05, 3.63) is 6.33 Å². The smallest absolute Gasteiger partial charge is 0.205 e. The second-order valence-electron chi connectivity index (χ2n) is 4.39. The maximum atomic E-state index is 11.5. The molecule has 1 aromatic rings. The minimum atomic E-state index is -2.95. The summed E-state index contributed by atoms with van der Waals surface area (Å²) in [6.45, 7) is 0. The summed E-state index contributed by atoms with van der Waals surface area (Å²) >= 11 is 0. The third kappa shape index (κ3) is 2.71. The molecule has 2 rings (SSSR count).